The highest BCUT2D eigenvalue weighted by Crippen LogP contribution is 2.16. The molecule has 0 aromatic heterocycles. The molecule has 3 N–H and O–H groups in total. The van der Waals surface area contributed by atoms with Gasteiger partial charge in [-0.2, -0.15) is 0 Å². The molecule has 1 aliphatic heterocycles. The largest absolute Gasteiger partial charge is 0.305 e. The average Bonchev–Trinajstić information content (AvgIpc) is 2.87. The van der Waals surface area contributed by atoms with Gasteiger partial charge in [-0.3, -0.25) is 15.1 Å². The predicted octanol–water partition coefficient (Wildman–Crippen LogP) is 0.426. The summed E-state index contributed by atoms with van der Waals surface area (Å²) in [6.45, 7) is 3.18. The smallest absolute Gasteiger partial charge is 0.265 e. The molecule has 19 heavy (non-hydrogen) atoms. The number of nitrogens with one attached hydrogen (secondary N) is 1. The number of hydrogen-bond donors (Lipinski definition) is 2. The van der Waals surface area contributed by atoms with Crippen LogP contribution in [0.4, 0.5) is 0 Å². The van der Waals surface area contributed by atoms with Gasteiger partial charge >= 0.3 is 0 Å². The van der Waals surface area contributed by atoms with Crippen LogP contribution in [0, 0.1) is 0 Å². The third kappa shape index (κ3) is 3.53. The number of amides is 1. The van der Waals surface area contributed by atoms with Gasteiger partial charge in [0.05, 0.1) is 0 Å². The highest BCUT2D eigenvalue weighted by atomic mass is 16.2. The molecule has 2 rings (SSSR count). The first-order valence-electron chi connectivity index (χ1n) is 6.59. The summed E-state index contributed by atoms with van der Waals surface area (Å²) in [4.78, 5) is 16.1. The van der Waals surface area contributed by atoms with Gasteiger partial charge in [-0.15, -0.1) is 0 Å². The third-order valence-electron chi connectivity index (χ3n) is 3.73. The zero-order valence-corrected chi connectivity index (χ0v) is 11.6. The van der Waals surface area contributed by atoms with Crippen molar-refractivity contribution in [3.05, 3.63) is 35.4 Å². The van der Waals surface area contributed by atoms with E-state index in [-0.39, 0.29) is 5.91 Å². The molecule has 1 fully saturated rings. The van der Waals surface area contributed by atoms with Crippen LogP contribution in [0.3, 0.4) is 0 Å². The molecule has 1 aromatic rings. The highest BCUT2D eigenvalue weighted by Gasteiger charge is 2.23. The van der Waals surface area contributed by atoms with Crippen molar-refractivity contribution in [1.29, 1.82) is 0 Å². The summed E-state index contributed by atoms with van der Waals surface area (Å²) < 4.78 is 0. The second kappa shape index (κ2) is 6.14. The number of rotatable bonds is 4. The number of nitrogens with zero attached hydrogens (tertiary/aromatic N) is 2. The molecule has 1 aliphatic rings. The SMILES string of the molecule is CN(C)C1CCN(Cc2ccc(C(=O)NN)cc2)C1. The van der Waals surface area contributed by atoms with Gasteiger partial charge in [0, 0.05) is 31.2 Å². The number of likely N-dealkylation sites (N-methyl/N-ethyl adjacent to an activating group) is 1. The normalized spacial score (nSPS) is 19.9. The molecule has 5 nitrogen and oxygen atoms in total. The number of hydrazine groups is 1. The Balaban J connectivity index is 1.92. The standard InChI is InChI=1S/C14H22N4O/c1-17(2)13-7-8-18(10-13)9-11-3-5-12(6-4-11)14(19)16-15/h3-6,13H,7-10,15H2,1-2H3,(H,16,19). The lowest BCUT2D eigenvalue weighted by Gasteiger charge is -2.20. The van der Waals surface area contributed by atoms with Gasteiger partial charge in [-0.1, -0.05) is 12.1 Å². The first kappa shape index (κ1) is 14.0. The minimum absolute atomic E-state index is 0.250. The molecule has 1 aromatic carbocycles. The first-order chi connectivity index (χ1) is 9.10. The molecule has 0 aliphatic carbocycles. The summed E-state index contributed by atoms with van der Waals surface area (Å²) in [6, 6.07) is 8.28. The summed E-state index contributed by atoms with van der Waals surface area (Å²) in [7, 11) is 4.27. The van der Waals surface area contributed by atoms with Crippen molar-refractivity contribution in [3.8, 4) is 0 Å². The van der Waals surface area contributed by atoms with E-state index in [2.05, 4.69) is 29.3 Å². The maximum atomic E-state index is 11.3. The molecule has 0 saturated carbocycles. The predicted molar refractivity (Wildman–Crippen MR) is 75.5 cm³/mol. The number of hydrogen-bond acceptors (Lipinski definition) is 4. The van der Waals surface area contributed by atoms with Crippen molar-refractivity contribution >= 4 is 5.91 Å². The summed E-state index contributed by atoms with van der Waals surface area (Å²) in [5.74, 6) is 4.86. The summed E-state index contributed by atoms with van der Waals surface area (Å²) in [5.41, 5.74) is 3.96. The quantitative estimate of drug-likeness (QED) is 0.469. The molecule has 1 atom stereocenters. The molecule has 1 heterocycles. The summed E-state index contributed by atoms with van der Waals surface area (Å²) in [5, 5.41) is 0. The molecule has 5 heteroatoms. The lowest BCUT2D eigenvalue weighted by Crippen LogP contribution is -2.31. The minimum Gasteiger partial charge on any atom is -0.305 e. The highest BCUT2D eigenvalue weighted by molar-refractivity contribution is 5.93. The molecule has 1 amide bonds. The van der Waals surface area contributed by atoms with E-state index < -0.39 is 0 Å². The first-order valence-corrected chi connectivity index (χ1v) is 6.59. The topological polar surface area (TPSA) is 61.6 Å². The van der Waals surface area contributed by atoms with E-state index in [1.165, 1.54) is 12.0 Å². The molecule has 104 valence electrons. The third-order valence-corrected chi connectivity index (χ3v) is 3.73. The van der Waals surface area contributed by atoms with Crippen molar-refractivity contribution in [3.63, 3.8) is 0 Å². The monoisotopic (exact) mass is 262 g/mol. The number of nitrogens with two attached hydrogens (primary N) is 1. The number of carbonyl (C=O) groups excluding carboxylic acids is 1. The van der Waals surface area contributed by atoms with Crippen molar-refractivity contribution in [2.75, 3.05) is 27.2 Å². The van der Waals surface area contributed by atoms with E-state index in [0.717, 1.165) is 19.6 Å². The maximum absolute atomic E-state index is 11.3. The van der Waals surface area contributed by atoms with E-state index in [1.54, 1.807) is 0 Å². The van der Waals surface area contributed by atoms with Crippen LogP contribution in [0.1, 0.15) is 22.3 Å². The van der Waals surface area contributed by atoms with Gasteiger partial charge in [-0.05, 0) is 38.2 Å². The molecule has 1 saturated heterocycles. The second-order valence-corrected chi connectivity index (χ2v) is 5.31. The number of nitrogen functional groups attached to an aromatic ring is 1. The Kier molecular flexibility index (Phi) is 4.52. The van der Waals surface area contributed by atoms with E-state index in [4.69, 9.17) is 5.84 Å². The van der Waals surface area contributed by atoms with E-state index in [9.17, 15) is 4.79 Å². The number of likely N-dealkylation sites (tertiary alicyclic amines) is 1. The van der Waals surface area contributed by atoms with E-state index in [0.29, 0.717) is 11.6 Å². The molecule has 0 bridgehead atoms. The fourth-order valence-electron chi connectivity index (χ4n) is 2.48. The van der Waals surface area contributed by atoms with Gasteiger partial charge < -0.3 is 4.90 Å². The van der Waals surface area contributed by atoms with Crippen LogP contribution in [0.25, 0.3) is 0 Å². The Morgan fingerprint density at radius 1 is 1.42 bits per heavy atom. The minimum atomic E-state index is -0.250. The zero-order valence-electron chi connectivity index (χ0n) is 11.6. The summed E-state index contributed by atoms with van der Waals surface area (Å²) >= 11 is 0. The Labute approximate surface area is 114 Å². The van der Waals surface area contributed by atoms with Crippen LogP contribution in [0.5, 0.6) is 0 Å². The van der Waals surface area contributed by atoms with Crippen LogP contribution in [0.2, 0.25) is 0 Å². The van der Waals surface area contributed by atoms with Gasteiger partial charge in [0.1, 0.15) is 0 Å². The van der Waals surface area contributed by atoms with Crippen molar-refractivity contribution < 1.29 is 4.79 Å². The Hall–Kier alpha value is -1.43. The Morgan fingerprint density at radius 2 is 2.11 bits per heavy atom. The number of benzene rings is 1. The van der Waals surface area contributed by atoms with E-state index >= 15 is 0 Å². The van der Waals surface area contributed by atoms with Crippen LogP contribution >= 0.6 is 0 Å². The lowest BCUT2D eigenvalue weighted by molar-refractivity contribution is 0.0953. The van der Waals surface area contributed by atoms with Crippen LogP contribution < -0.4 is 11.3 Å². The zero-order chi connectivity index (χ0) is 13.8. The van der Waals surface area contributed by atoms with Gasteiger partial charge in [0.15, 0.2) is 0 Å². The maximum Gasteiger partial charge on any atom is 0.265 e. The van der Waals surface area contributed by atoms with Crippen molar-refractivity contribution in [2.45, 2.75) is 19.0 Å². The molecular formula is C14H22N4O. The molecule has 0 spiro atoms. The number of carbonyl (C=O) groups is 1. The molecular weight excluding hydrogens is 240 g/mol. The van der Waals surface area contributed by atoms with Gasteiger partial charge in [0.25, 0.3) is 5.91 Å². The summed E-state index contributed by atoms with van der Waals surface area (Å²) in [6.07, 6.45) is 1.22. The fourth-order valence-corrected chi connectivity index (χ4v) is 2.48. The van der Waals surface area contributed by atoms with Crippen LogP contribution in [-0.4, -0.2) is 48.9 Å². The second-order valence-electron chi connectivity index (χ2n) is 5.31. The van der Waals surface area contributed by atoms with Gasteiger partial charge in [0.2, 0.25) is 0 Å². The molecule has 1 unspecified atom stereocenters. The Bertz CT molecular complexity index is 430. The fraction of sp³-hybridized carbons (Fsp3) is 0.500. The van der Waals surface area contributed by atoms with E-state index in [1.807, 2.05) is 24.3 Å². The van der Waals surface area contributed by atoms with Gasteiger partial charge in [-0.25, -0.2) is 5.84 Å². The van der Waals surface area contributed by atoms with Crippen LogP contribution in [-0.2, 0) is 6.54 Å². The van der Waals surface area contributed by atoms with Crippen molar-refractivity contribution in [1.82, 2.24) is 15.2 Å². The van der Waals surface area contributed by atoms with Crippen LogP contribution in [0.15, 0.2) is 24.3 Å². The Morgan fingerprint density at radius 3 is 2.63 bits per heavy atom. The molecule has 0 radical (unpaired) electrons. The lowest BCUT2D eigenvalue weighted by atomic mass is 10.1. The average molecular weight is 262 g/mol. The van der Waals surface area contributed by atoms with Crippen molar-refractivity contribution in [2.24, 2.45) is 5.84 Å².